The molecule has 22 heavy (non-hydrogen) atoms. The van der Waals surface area contributed by atoms with Gasteiger partial charge in [-0.2, -0.15) is 0 Å². The van der Waals surface area contributed by atoms with E-state index in [9.17, 15) is 8.42 Å². The highest BCUT2D eigenvalue weighted by atomic mass is 32.2. The molecule has 0 aliphatic carbocycles. The zero-order valence-electron chi connectivity index (χ0n) is 13.7. The zero-order valence-corrected chi connectivity index (χ0v) is 14.6. The SMILES string of the molecule is C[C@@H]1CN(Cc2ccccc2)CCCN1CCCS(C)(=O)=O. The summed E-state index contributed by atoms with van der Waals surface area (Å²) in [5, 5.41) is 0. The summed E-state index contributed by atoms with van der Waals surface area (Å²) >= 11 is 0. The summed E-state index contributed by atoms with van der Waals surface area (Å²) in [7, 11) is -2.84. The second-order valence-corrected chi connectivity index (χ2v) is 8.70. The third kappa shape index (κ3) is 6.07. The van der Waals surface area contributed by atoms with Gasteiger partial charge < -0.3 is 0 Å². The molecule has 0 amide bonds. The van der Waals surface area contributed by atoms with Gasteiger partial charge in [0.05, 0.1) is 5.75 Å². The first kappa shape index (κ1) is 17.4. The van der Waals surface area contributed by atoms with Gasteiger partial charge in [-0.25, -0.2) is 8.42 Å². The van der Waals surface area contributed by atoms with Gasteiger partial charge in [0.2, 0.25) is 0 Å². The van der Waals surface area contributed by atoms with Crippen molar-refractivity contribution in [3.05, 3.63) is 35.9 Å². The number of rotatable bonds is 6. The summed E-state index contributed by atoms with van der Waals surface area (Å²) in [5.41, 5.74) is 1.36. The smallest absolute Gasteiger partial charge is 0.147 e. The van der Waals surface area contributed by atoms with Crippen molar-refractivity contribution in [2.75, 3.05) is 38.2 Å². The number of benzene rings is 1. The van der Waals surface area contributed by atoms with E-state index in [4.69, 9.17) is 0 Å². The fourth-order valence-electron chi connectivity index (χ4n) is 3.15. The van der Waals surface area contributed by atoms with Crippen LogP contribution in [0.3, 0.4) is 0 Å². The highest BCUT2D eigenvalue weighted by Crippen LogP contribution is 2.13. The quantitative estimate of drug-likeness (QED) is 0.803. The second-order valence-electron chi connectivity index (χ2n) is 6.44. The first-order valence-electron chi connectivity index (χ1n) is 8.12. The normalized spacial score (nSPS) is 21.6. The largest absolute Gasteiger partial charge is 0.299 e. The molecule has 1 saturated heterocycles. The van der Waals surface area contributed by atoms with E-state index in [-0.39, 0.29) is 0 Å². The lowest BCUT2D eigenvalue weighted by molar-refractivity contribution is 0.188. The van der Waals surface area contributed by atoms with Crippen LogP contribution in [0.4, 0.5) is 0 Å². The number of hydrogen-bond acceptors (Lipinski definition) is 4. The molecule has 0 aromatic heterocycles. The molecule has 2 rings (SSSR count). The summed E-state index contributed by atoms with van der Waals surface area (Å²) in [4.78, 5) is 4.95. The summed E-state index contributed by atoms with van der Waals surface area (Å²) in [6.45, 7) is 7.37. The monoisotopic (exact) mass is 324 g/mol. The predicted molar refractivity (Wildman–Crippen MR) is 91.7 cm³/mol. The van der Waals surface area contributed by atoms with E-state index in [1.54, 1.807) is 0 Å². The van der Waals surface area contributed by atoms with Gasteiger partial charge in [-0.3, -0.25) is 9.80 Å². The lowest BCUT2D eigenvalue weighted by Crippen LogP contribution is -2.39. The van der Waals surface area contributed by atoms with Crippen LogP contribution < -0.4 is 0 Å². The standard InChI is InChI=1S/C17H28N2O2S/c1-16-14-18(15-17-8-4-3-5-9-17)10-6-11-19(16)12-7-13-22(2,20)21/h3-5,8-9,16H,6-7,10-15H2,1-2H3/t16-/m1/s1. The van der Waals surface area contributed by atoms with E-state index < -0.39 is 9.84 Å². The fourth-order valence-corrected chi connectivity index (χ4v) is 3.80. The van der Waals surface area contributed by atoms with Crippen LogP contribution in [0.1, 0.15) is 25.3 Å². The maximum Gasteiger partial charge on any atom is 0.147 e. The molecule has 1 aromatic rings. The third-order valence-electron chi connectivity index (χ3n) is 4.27. The highest BCUT2D eigenvalue weighted by Gasteiger charge is 2.21. The van der Waals surface area contributed by atoms with Gasteiger partial charge in [0.25, 0.3) is 0 Å². The van der Waals surface area contributed by atoms with Crippen molar-refractivity contribution in [3.63, 3.8) is 0 Å². The topological polar surface area (TPSA) is 40.6 Å². The van der Waals surface area contributed by atoms with Crippen LogP contribution in [-0.2, 0) is 16.4 Å². The van der Waals surface area contributed by atoms with E-state index in [1.807, 2.05) is 0 Å². The van der Waals surface area contributed by atoms with Crippen molar-refractivity contribution in [1.82, 2.24) is 9.80 Å². The van der Waals surface area contributed by atoms with E-state index in [0.29, 0.717) is 11.8 Å². The van der Waals surface area contributed by atoms with Crippen molar-refractivity contribution < 1.29 is 8.42 Å². The summed E-state index contributed by atoms with van der Waals surface area (Å²) in [6.07, 6.45) is 3.21. The van der Waals surface area contributed by atoms with Gasteiger partial charge in [-0.15, -0.1) is 0 Å². The molecule has 0 spiro atoms. The molecule has 1 aliphatic heterocycles. The van der Waals surface area contributed by atoms with Crippen molar-refractivity contribution >= 4 is 9.84 Å². The van der Waals surface area contributed by atoms with Gasteiger partial charge in [0, 0.05) is 25.4 Å². The number of nitrogens with zero attached hydrogens (tertiary/aromatic N) is 2. The lowest BCUT2D eigenvalue weighted by Gasteiger charge is -2.29. The minimum atomic E-state index is -2.84. The van der Waals surface area contributed by atoms with Crippen LogP contribution in [0, 0.1) is 0 Å². The average Bonchev–Trinajstić information content (AvgIpc) is 2.61. The summed E-state index contributed by atoms with van der Waals surface area (Å²) in [6, 6.07) is 11.1. The molecule has 4 nitrogen and oxygen atoms in total. The summed E-state index contributed by atoms with van der Waals surface area (Å²) in [5.74, 6) is 0.296. The molecule has 1 atom stereocenters. The first-order chi connectivity index (χ1) is 10.4. The molecule has 0 unspecified atom stereocenters. The predicted octanol–water partition coefficient (Wildman–Crippen LogP) is 2.02. The molecule has 0 radical (unpaired) electrons. The highest BCUT2D eigenvalue weighted by molar-refractivity contribution is 7.90. The van der Waals surface area contributed by atoms with Gasteiger partial charge in [-0.05, 0) is 45.0 Å². The molecular weight excluding hydrogens is 296 g/mol. The Morgan fingerprint density at radius 2 is 1.91 bits per heavy atom. The van der Waals surface area contributed by atoms with E-state index >= 15 is 0 Å². The van der Waals surface area contributed by atoms with Gasteiger partial charge in [-0.1, -0.05) is 30.3 Å². The molecule has 1 fully saturated rings. The van der Waals surface area contributed by atoms with Crippen LogP contribution in [0.15, 0.2) is 30.3 Å². The van der Waals surface area contributed by atoms with Crippen LogP contribution in [-0.4, -0.2) is 62.4 Å². The van der Waals surface area contributed by atoms with Crippen molar-refractivity contribution in [3.8, 4) is 0 Å². The molecule has 1 aliphatic rings. The molecule has 1 heterocycles. The Hall–Kier alpha value is -0.910. The average molecular weight is 324 g/mol. The minimum absolute atomic E-state index is 0.296. The van der Waals surface area contributed by atoms with E-state index in [1.165, 1.54) is 11.8 Å². The maximum atomic E-state index is 11.3. The Bertz CT molecular complexity index is 545. The van der Waals surface area contributed by atoms with Crippen molar-refractivity contribution in [2.24, 2.45) is 0 Å². The minimum Gasteiger partial charge on any atom is -0.299 e. The van der Waals surface area contributed by atoms with E-state index in [0.717, 1.165) is 45.6 Å². The molecular formula is C17H28N2O2S. The van der Waals surface area contributed by atoms with E-state index in [2.05, 4.69) is 47.1 Å². The molecule has 124 valence electrons. The van der Waals surface area contributed by atoms with Crippen LogP contribution in [0.2, 0.25) is 0 Å². The Morgan fingerprint density at radius 3 is 2.59 bits per heavy atom. The van der Waals surface area contributed by atoms with Crippen molar-refractivity contribution in [2.45, 2.75) is 32.4 Å². The maximum absolute atomic E-state index is 11.3. The number of hydrogen-bond donors (Lipinski definition) is 0. The van der Waals surface area contributed by atoms with Crippen LogP contribution in [0.5, 0.6) is 0 Å². The Balaban J connectivity index is 1.83. The lowest BCUT2D eigenvalue weighted by atomic mass is 10.2. The van der Waals surface area contributed by atoms with Gasteiger partial charge >= 0.3 is 0 Å². The fraction of sp³-hybridized carbons (Fsp3) is 0.647. The molecule has 0 N–H and O–H groups in total. The zero-order chi connectivity index (χ0) is 16.0. The third-order valence-corrected chi connectivity index (χ3v) is 5.31. The van der Waals surface area contributed by atoms with Crippen LogP contribution in [0.25, 0.3) is 0 Å². The molecule has 0 bridgehead atoms. The molecule has 1 aromatic carbocycles. The van der Waals surface area contributed by atoms with Crippen LogP contribution >= 0.6 is 0 Å². The Labute approximate surface area is 135 Å². The van der Waals surface area contributed by atoms with Crippen molar-refractivity contribution in [1.29, 1.82) is 0 Å². The Morgan fingerprint density at radius 1 is 1.18 bits per heavy atom. The molecule has 5 heteroatoms. The first-order valence-corrected chi connectivity index (χ1v) is 10.2. The van der Waals surface area contributed by atoms with Gasteiger partial charge in [0.15, 0.2) is 0 Å². The molecule has 0 saturated carbocycles. The second kappa shape index (κ2) is 8.09. The van der Waals surface area contributed by atoms with Gasteiger partial charge in [0.1, 0.15) is 9.84 Å². The Kier molecular flexibility index (Phi) is 6.41. The summed E-state index contributed by atoms with van der Waals surface area (Å²) < 4.78 is 22.5. The number of sulfone groups is 1.